The van der Waals surface area contributed by atoms with Crippen molar-refractivity contribution >= 4 is 28.3 Å². The molecule has 9 heteroatoms. The van der Waals surface area contributed by atoms with Crippen molar-refractivity contribution in [3.8, 4) is 11.5 Å². The highest BCUT2D eigenvalue weighted by atomic mass is 32.1. The fourth-order valence-corrected chi connectivity index (χ4v) is 3.63. The van der Waals surface area contributed by atoms with Crippen molar-refractivity contribution in [2.45, 2.75) is 13.0 Å². The van der Waals surface area contributed by atoms with Crippen molar-refractivity contribution in [2.75, 3.05) is 26.1 Å². The van der Waals surface area contributed by atoms with E-state index in [9.17, 15) is 9.90 Å². The van der Waals surface area contributed by atoms with Gasteiger partial charge in [-0.3, -0.25) is 10.1 Å². The molecule has 31 heavy (non-hydrogen) atoms. The first-order chi connectivity index (χ1) is 15.0. The summed E-state index contributed by atoms with van der Waals surface area (Å²) in [7, 11) is 3.09. The zero-order chi connectivity index (χ0) is 22.2. The highest BCUT2D eigenvalue weighted by Crippen LogP contribution is 2.27. The van der Waals surface area contributed by atoms with Gasteiger partial charge in [-0.1, -0.05) is 12.1 Å². The average Bonchev–Trinajstić information content (AvgIpc) is 3.24. The van der Waals surface area contributed by atoms with Crippen molar-refractivity contribution < 1.29 is 24.4 Å². The van der Waals surface area contributed by atoms with Gasteiger partial charge in [0.2, 0.25) is 0 Å². The van der Waals surface area contributed by atoms with Crippen LogP contribution in [0.3, 0.4) is 0 Å². The van der Waals surface area contributed by atoms with Crippen LogP contribution in [0.15, 0.2) is 47.8 Å². The Morgan fingerprint density at radius 1 is 1.16 bits per heavy atom. The van der Waals surface area contributed by atoms with Gasteiger partial charge >= 0.3 is 5.90 Å². The molecule has 0 aliphatic heterocycles. The lowest BCUT2D eigenvalue weighted by molar-refractivity contribution is -0.483. The molecule has 5 N–H and O–H groups in total. The zero-order valence-corrected chi connectivity index (χ0v) is 18.2. The first-order valence-corrected chi connectivity index (χ1v) is 10.5. The van der Waals surface area contributed by atoms with Gasteiger partial charge in [-0.25, -0.2) is 9.98 Å². The molecule has 1 heterocycles. The number of thiazole rings is 1. The number of amides is 1. The number of carbonyl (C=O) groups excluding carboxylic acids is 1. The van der Waals surface area contributed by atoms with Crippen LogP contribution < -0.4 is 25.5 Å². The molecule has 0 fully saturated rings. The van der Waals surface area contributed by atoms with Gasteiger partial charge in [0.1, 0.15) is 0 Å². The number of hydrogen-bond acceptors (Lipinski definition) is 6. The largest absolute Gasteiger partial charge is 0.493 e. The molecule has 8 nitrogen and oxygen atoms in total. The second-order valence-electron chi connectivity index (χ2n) is 6.61. The lowest BCUT2D eigenvalue weighted by Crippen LogP contribution is -2.71. The summed E-state index contributed by atoms with van der Waals surface area (Å²) in [5.74, 6) is 0.839. The molecule has 3 aromatic rings. The zero-order valence-electron chi connectivity index (χ0n) is 17.3. The van der Waals surface area contributed by atoms with Crippen LogP contribution in [-0.4, -0.2) is 42.7 Å². The molecule has 3 rings (SSSR count). The van der Waals surface area contributed by atoms with E-state index >= 15 is 0 Å². The summed E-state index contributed by atoms with van der Waals surface area (Å²) < 4.78 is 10.5. The van der Waals surface area contributed by atoms with Gasteiger partial charge in [-0.2, -0.15) is 0 Å². The monoisotopic (exact) mass is 441 g/mol. The number of nitrogens with two attached hydrogens (primary N) is 1. The fraction of sp³-hybridized carbons (Fsp3) is 0.227. The normalized spacial score (nSPS) is 11.3. The van der Waals surface area contributed by atoms with Crippen molar-refractivity contribution in [1.82, 2.24) is 4.98 Å². The van der Waals surface area contributed by atoms with Gasteiger partial charge in [0.25, 0.3) is 5.91 Å². The van der Waals surface area contributed by atoms with E-state index in [0.717, 1.165) is 11.3 Å². The molecule has 1 aromatic heterocycles. The Kier molecular flexibility index (Phi) is 7.58. The number of nitrogens with one attached hydrogen (secondary N) is 2. The van der Waals surface area contributed by atoms with Crippen LogP contribution in [0.25, 0.3) is 0 Å². The maximum atomic E-state index is 12.6. The third-order valence-electron chi connectivity index (χ3n) is 4.48. The van der Waals surface area contributed by atoms with Crippen molar-refractivity contribution in [1.29, 1.82) is 0 Å². The SMILES string of the molecule is COc1ccc(C(O)=[NH+]Cc2cccc(C(=O)Nc3nc(CCN)cs3)c2)cc1OC. The molecule has 0 unspecified atom stereocenters. The van der Waals surface area contributed by atoms with E-state index in [0.29, 0.717) is 47.3 Å². The van der Waals surface area contributed by atoms with E-state index in [4.69, 9.17) is 15.2 Å². The Balaban J connectivity index is 1.69. The lowest BCUT2D eigenvalue weighted by Gasteiger charge is -2.07. The Bertz CT molecular complexity index is 1080. The molecule has 0 spiro atoms. The number of aromatic nitrogens is 1. The Morgan fingerprint density at radius 3 is 2.71 bits per heavy atom. The van der Waals surface area contributed by atoms with E-state index in [1.165, 1.54) is 18.4 Å². The number of anilines is 1. The first-order valence-electron chi connectivity index (χ1n) is 9.61. The average molecular weight is 442 g/mol. The molecule has 2 aromatic carbocycles. The Labute approximate surface area is 184 Å². The van der Waals surface area contributed by atoms with Crippen molar-refractivity contribution in [2.24, 2.45) is 5.73 Å². The van der Waals surface area contributed by atoms with Crippen LogP contribution in [0.2, 0.25) is 0 Å². The summed E-state index contributed by atoms with van der Waals surface area (Å²) in [6, 6.07) is 12.3. The van der Waals surface area contributed by atoms with Gasteiger partial charge < -0.3 is 20.3 Å². The third kappa shape index (κ3) is 5.80. The molecule has 0 saturated carbocycles. The van der Waals surface area contributed by atoms with Crippen molar-refractivity contribution in [3.63, 3.8) is 0 Å². The topological polar surface area (TPSA) is 121 Å². The number of methoxy groups -OCH3 is 2. The number of hydrogen-bond donors (Lipinski definition) is 4. The quantitative estimate of drug-likeness (QED) is 0.295. The summed E-state index contributed by atoms with van der Waals surface area (Å²) in [6.45, 7) is 0.846. The van der Waals surface area contributed by atoms with E-state index in [2.05, 4.69) is 15.3 Å². The Morgan fingerprint density at radius 2 is 1.97 bits per heavy atom. The predicted molar refractivity (Wildman–Crippen MR) is 120 cm³/mol. The van der Waals surface area contributed by atoms with Crippen LogP contribution in [0, 0.1) is 0 Å². The van der Waals surface area contributed by atoms with Gasteiger partial charge in [-0.05, 0) is 30.8 Å². The van der Waals surface area contributed by atoms with E-state index in [-0.39, 0.29) is 11.8 Å². The van der Waals surface area contributed by atoms with Gasteiger partial charge in [0.15, 0.2) is 23.2 Å². The smallest absolute Gasteiger partial charge is 0.366 e. The highest BCUT2D eigenvalue weighted by molar-refractivity contribution is 7.14. The number of rotatable bonds is 9. The molecular formula is C22H25N4O4S+. The molecule has 0 aliphatic carbocycles. The molecule has 0 atom stereocenters. The van der Waals surface area contributed by atoms with Crippen molar-refractivity contribution in [3.05, 3.63) is 70.2 Å². The Hall–Kier alpha value is -3.43. The number of carbonyl (C=O) groups is 1. The molecular weight excluding hydrogens is 416 g/mol. The van der Waals surface area contributed by atoms with Crippen LogP contribution >= 0.6 is 11.3 Å². The molecule has 0 aliphatic rings. The summed E-state index contributed by atoms with van der Waals surface area (Å²) in [6.07, 6.45) is 0.674. The van der Waals surface area contributed by atoms with Crippen LogP contribution in [-0.2, 0) is 13.0 Å². The fourth-order valence-electron chi connectivity index (χ4n) is 2.89. The van der Waals surface area contributed by atoms with E-state index in [1.54, 1.807) is 43.5 Å². The number of benzene rings is 2. The van der Waals surface area contributed by atoms with Gasteiger partial charge in [-0.15, -0.1) is 11.3 Å². The molecule has 0 bridgehead atoms. The van der Waals surface area contributed by atoms with Gasteiger partial charge in [0.05, 0.1) is 25.5 Å². The van der Waals surface area contributed by atoms with Crippen LogP contribution in [0.4, 0.5) is 5.13 Å². The van der Waals surface area contributed by atoms with E-state index < -0.39 is 0 Å². The lowest BCUT2D eigenvalue weighted by atomic mass is 10.1. The third-order valence-corrected chi connectivity index (χ3v) is 5.29. The minimum absolute atomic E-state index is 0.00831. The van der Waals surface area contributed by atoms with E-state index in [1.807, 2.05) is 11.4 Å². The number of nitrogens with zero attached hydrogens (tertiary/aromatic N) is 1. The standard InChI is InChI=1S/C22H24N4O4S/c1-29-18-7-6-16(11-19(18)30-2)20(27)24-12-14-4-3-5-15(10-14)21(28)26-22-25-17(8-9-23)13-31-22/h3-7,10-11,13H,8-9,12,23H2,1-2H3,(H,24,27)(H,25,26,28)/p+1. The molecule has 0 saturated heterocycles. The summed E-state index contributed by atoms with van der Waals surface area (Å²) in [5.41, 5.74) is 8.29. The molecule has 1 amide bonds. The second kappa shape index (κ2) is 10.6. The summed E-state index contributed by atoms with van der Waals surface area (Å²) >= 11 is 1.37. The number of aliphatic hydroxyl groups is 1. The van der Waals surface area contributed by atoms with Crippen LogP contribution in [0.5, 0.6) is 11.5 Å². The number of aliphatic hydroxyl groups excluding tert-OH is 1. The first kappa shape index (κ1) is 22.3. The minimum atomic E-state index is -0.247. The maximum Gasteiger partial charge on any atom is 0.366 e. The summed E-state index contributed by atoms with van der Waals surface area (Å²) in [5, 5.41) is 15.6. The summed E-state index contributed by atoms with van der Waals surface area (Å²) in [4.78, 5) is 19.9. The molecule has 162 valence electrons. The number of ether oxygens (including phenoxy) is 2. The van der Waals surface area contributed by atoms with Crippen LogP contribution in [0.1, 0.15) is 27.2 Å². The minimum Gasteiger partial charge on any atom is -0.493 e. The second-order valence-corrected chi connectivity index (χ2v) is 7.47. The predicted octanol–water partition coefficient (Wildman–Crippen LogP) is 1.50. The highest BCUT2D eigenvalue weighted by Gasteiger charge is 2.13. The maximum absolute atomic E-state index is 12.6. The molecule has 0 radical (unpaired) electrons. The van der Waals surface area contributed by atoms with Gasteiger partial charge in [0, 0.05) is 29.0 Å².